The number of ether oxygens (including phenoxy) is 1. The second kappa shape index (κ2) is 9.17. The molecule has 1 amide bonds. The van der Waals surface area contributed by atoms with Crippen molar-refractivity contribution in [1.29, 1.82) is 0 Å². The fraction of sp³-hybridized carbons (Fsp3) is 0.273. The minimum absolute atomic E-state index is 0.234. The lowest BCUT2D eigenvalue weighted by molar-refractivity contribution is 0.0945. The number of halogens is 1. The van der Waals surface area contributed by atoms with Crippen molar-refractivity contribution in [3.63, 3.8) is 0 Å². The van der Waals surface area contributed by atoms with Crippen LogP contribution < -0.4 is 10.1 Å². The van der Waals surface area contributed by atoms with Crippen LogP contribution in [0.25, 0.3) is 16.9 Å². The highest BCUT2D eigenvalue weighted by Gasteiger charge is 2.19. The second-order valence-electron chi connectivity index (χ2n) is 6.47. The summed E-state index contributed by atoms with van der Waals surface area (Å²) < 4.78 is 21.0. The van der Waals surface area contributed by atoms with Crippen molar-refractivity contribution >= 4 is 5.91 Å². The molecule has 146 valence electrons. The molecule has 2 aromatic carbocycles. The molecular formula is C22H24FN3O2. The summed E-state index contributed by atoms with van der Waals surface area (Å²) in [7, 11) is 1.59. The monoisotopic (exact) mass is 381 g/mol. The van der Waals surface area contributed by atoms with E-state index in [2.05, 4.69) is 17.3 Å². The van der Waals surface area contributed by atoms with Crippen LogP contribution in [0.15, 0.2) is 54.6 Å². The molecule has 0 bridgehead atoms. The normalized spacial score (nSPS) is 10.7. The fourth-order valence-electron chi connectivity index (χ4n) is 2.93. The Morgan fingerprint density at radius 1 is 1.14 bits per heavy atom. The third-order valence-electron chi connectivity index (χ3n) is 4.47. The molecule has 0 aliphatic carbocycles. The Morgan fingerprint density at radius 2 is 1.89 bits per heavy atom. The van der Waals surface area contributed by atoms with Gasteiger partial charge in [0.15, 0.2) is 0 Å². The Labute approximate surface area is 164 Å². The van der Waals surface area contributed by atoms with Crippen molar-refractivity contribution in [3.8, 4) is 22.7 Å². The zero-order chi connectivity index (χ0) is 19.9. The SMILES string of the molecule is CCCCCNC(=O)c1cc(-c2ccccc2F)nn1-c1ccc(OC)cc1. The van der Waals surface area contributed by atoms with Crippen LogP contribution in [0.2, 0.25) is 0 Å². The first kappa shape index (κ1) is 19.6. The maximum Gasteiger partial charge on any atom is 0.270 e. The summed E-state index contributed by atoms with van der Waals surface area (Å²) >= 11 is 0. The number of nitrogens with one attached hydrogen (secondary N) is 1. The average Bonchev–Trinajstić information content (AvgIpc) is 3.17. The highest BCUT2D eigenvalue weighted by Crippen LogP contribution is 2.25. The Morgan fingerprint density at radius 3 is 2.57 bits per heavy atom. The number of unbranched alkanes of at least 4 members (excludes halogenated alkanes) is 2. The Hall–Kier alpha value is -3.15. The van der Waals surface area contributed by atoms with Crippen LogP contribution in [-0.4, -0.2) is 29.3 Å². The molecule has 1 heterocycles. The van der Waals surface area contributed by atoms with Crippen LogP contribution in [0.5, 0.6) is 5.75 Å². The van der Waals surface area contributed by atoms with E-state index in [1.807, 2.05) is 12.1 Å². The molecule has 0 saturated carbocycles. The molecule has 1 aromatic heterocycles. The molecule has 0 aliphatic rings. The Balaban J connectivity index is 1.97. The van der Waals surface area contributed by atoms with Crippen LogP contribution in [0.4, 0.5) is 4.39 Å². The molecule has 0 atom stereocenters. The number of hydrogen-bond acceptors (Lipinski definition) is 3. The lowest BCUT2D eigenvalue weighted by Gasteiger charge is -2.09. The van der Waals surface area contributed by atoms with E-state index in [0.29, 0.717) is 34.9 Å². The quantitative estimate of drug-likeness (QED) is 0.580. The number of nitrogens with zero attached hydrogens (tertiary/aromatic N) is 2. The molecule has 1 N–H and O–H groups in total. The average molecular weight is 381 g/mol. The molecule has 0 unspecified atom stereocenters. The highest BCUT2D eigenvalue weighted by atomic mass is 19.1. The summed E-state index contributed by atoms with van der Waals surface area (Å²) in [4.78, 5) is 12.8. The molecule has 0 aliphatic heterocycles. The van der Waals surface area contributed by atoms with Gasteiger partial charge in [-0.2, -0.15) is 5.10 Å². The van der Waals surface area contributed by atoms with Gasteiger partial charge in [-0.1, -0.05) is 31.9 Å². The van der Waals surface area contributed by atoms with Crippen molar-refractivity contribution in [2.45, 2.75) is 26.2 Å². The Kier molecular flexibility index (Phi) is 6.42. The van der Waals surface area contributed by atoms with E-state index in [1.165, 1.54) is 10.7 Å². The number of carbonyl (C=O) groups excluding carboxylic acids is 1. The molecule has 28 heavy (non-hydrogen) atoms. The first-order chi connectivity index (χ1) is 13.6. The number of amides is 1. The summed E-state index contributed by atoms with van der Waals surface area (Å²) in [6, 6.07) is 15.2. The van der Waals surface area contributed by atoms with Gasteiger partial charge in [-0.3, -0.25) is 4.79 Å². The predicted octanol–water partition coefficient (Wildman–Crippen LogP) is 4.61. The van der Waals surface area contributed by atoms with Crippen molar-refractivity contribution in [3.05, 3.63) is 66.1 Å². The third-order valence-corrected chi connectivity index (χ3v) is 4.47. The zero-order valence-electron chi connectivity index (χ0n) is 16.1. The maximum absolute atomic E-state index is 14.2. The summed E-state index contributed by atoms with van der Waals surface area (Å²) in [6.07, 6.45) is 3.05. The van der Waals surface area contributed by atoms with Gasteiger partial charge >= 0.3 is 0 Å². The van der Waals surface area contributed by atoms with Crippen molar-refractivity contribution in [2.24, 2.45) is 0 Å². The standard InChI is InChI=1S/C22H24FN3O2/c1-3-4-7-14-24-22(27)21-15-20(18-8-5-6-9-19(18)23)25-26(21)16-10-12-17(28-2)13-11-16/h5-6,8-13,15H,3-4,7,14H2,1-2H3,(H,24,27). The fourth-order valence-corrected chi connectivity index (χ4v) is 2.93. The lowest BCUT2D eigenvalue weighted by atomic mass is 10.1. The minimum atomic E-state index is -0.378. The van der Waals surface area contributed by atoms with Crippen LogP contribution in [0.1, 0.15) is 36.7 Å². The zero-order valence-corrected chi connectivity index (χ0v) is 16.1. The first-order valence-corrected chi connectivity index (χ1v) is 9.41. The number of methoxy groups -OCH3 is 1. The number of aromatic nitrogens is 2. The van der Waals surface area contributed by atoms with Gasteiger partial charge in [0.25, 0.3) is 5.91 Å². The van der Waals surface area contributed by atoms with Gasteiger partial charge in [0.1, 0.15) is 17.3 Å². The topological polar surface area (TPSA) is 56.2 Å². The van der Waals surface area contributed by atoms with Gasteiger partial charge in [0.2, 0.25) is 0 Å². The molecule has 0 radical (unpaired) electrons. The molecular weight excluding hydrogens is 357 g/mol. The molecule has 0 fully saturated rings. The third kappa shape index (κ3) is 4.39. The van der Waals surface area contributed by atoms with E-state index in [-0.39, 0.29) is 11.7 Å². The number of benzene rings is 2. The molecule has 6 heteroatoms. The Bertz CT molecular complexity index is 935. The first-order valence-electron chi connectivity index (χ1n) is 9.41. The largest absolute Gasteiger partial charge is 0.497 e. The summed E-state index contributed by atoms with van der Waals surface area (Å²) in [5, 5.41) is 7.44. The van der Waals surface area contributed by atoms with Crippen LogP contribution in [-0.2, 0) is 0 Å². The van der Waals surface area contributed by atoms with Crippen molar-refractivity contribution < 1.29 is 13.9 Å². The molecule has 0 spiro atoms. The van der Waals surface area contributed by atoms with Gasteiger partial charge in [-0.15, -0.1) is 0 Å². The van der Waals surface area contributed by atoms with E-state index in [9.17, 15) is 9.18 Å². The van der Waals surface area contributed by atoms with Crippen molar-refractivity contribution in [2.75, 3.05) is 13.7 Å². The summed E-state index contributed by atoms with van der Waals surface area (Å²) in [5.41, 5.74) is 1.82. The summed E-state index contributed by atoms with van der Waals surface area (Å²) in [5.74, 6) is 0.0922. The van der Waals surface area contributed by atoms with Gasteiger partial charge in [-0.05, 0) is 48.9 Å². The van der Waals surface area contributed by atoms with Gasteiger partial charge in [0, 0.05) is 12.1 Å². The maximum atomic E-state index is 14.2. The number of carbonyl (C=O) groups is 1. The summed E-state index contributed by atoms with van der Waals surface area (Å²) in [6.45, 7) is 2.71. The lowest BCUT2D eigenvalue weighted by Crippen LogP contribution is -2.26. The van der Waals surface area contributed by atoms with Crippen LogP contribution in [0, 0.1) is 5.82 Å². The highest BCUT2D eigenvalue weighted by molar-refractivity contribution is 5.94. The number of hydrogen-bond donors (Lipinski definition) is 1. The van der Waals surface area contributed by atoms with Gasteiger partial charge in [-0.25, -0.2) is 9.07 Å². The van der Waals surface area contributed by atoms with E-state index in [0.717, 1.165) is 19.3 Å². The molecule has 5 nitrogen and oxygen atoms in total. The van der Waals surface area contributed by atoms with E-state index in [4.69, 9.17) is 4.74 Å². The van der Waals surface area contributed by atoms with Gasteiger partial charge < -0.3 is 10.1 Å². The predicted molar refractivity (Wildman–Crippen MR) is 107 cm³/mol. The van der Waals surface area contributed by atoms with E-state index < -0.39 is 0 Å². The smallest absolute Gasteiger partial charge is 0.270 e. The second-order valence-corrected chi connectivity index (χ2v) is 6.47. The van der Waals surface area contributed by atoms with Crippen molar-refractivity contribution in [1.82, 2.24) is 15.1 Å². The molecule has 3 aromatic rings. The minimum Gasteiger partial charge on any atom is -0.497 e. The number of rotatable bonds is 8. The van der Waals surface area contributed by atoms with E-state index >= 15 is 0 Å². The van der Waals surface area contributed by atoms with Crippen LogP contribution >= 0.6 is 0 Å². The molecule has 3 rings (SSSR count). The van der Waals surface area contributed by atoms with E-state index in [1.54, 1.807) is 43.5 Å². The van der Waals surface area contributed by atoms with Crippen LogP contribution in [0.3, 0.4) is 0 Å². The van der Waals surface area contributed by atoms with Gasteiger partial charge in [0.05, 0.1) is 18.5 Å². The molecule has 0 saturated heterocycles.